The maximum absolute atomic E-state index is 5.88. The number of para-hydroxylation sites is 1. The first-order valence-corrected chi connectivity index (χ1v) is 6.53. The molecule has 1 saturated carbocycles. The van der Waals surface area contributed by atoms with Crippen molar-refractivity contribution in [2.45, 2.75) is 45.1 Å². The van der Waals surface area contributed by atoms with Crippen molar-refractivity contribution >= 4 is 0 Å². The Bertz CT molecular complexity index is 363. The van der Waals surface area contributed by atoms with Gasteiger partial charge in [0.2, 0.25) is 0 Å². The highest BCUT2D eigenvalue weighted by atomic mass is 16.5. The average molecular weight is 233 g/mol. The molecule has 0 unspecified atom stereocenters. The molecule has 0 aliphatic heterocycles. The summed E-state index contributed by atoms with van der Waals surface area (Å²) in [5.41, 5.74) is 1.42. The van der Waals surface area contributed by atoms with Crippen molar-refractivity contribution in [1.82, 2.24) is 5.32 Å². The van der Waals surface area contributed by atoms with Gasteiger partial charge in [-0.2, -0.15) is 0 Å². The summed E-state index contributed by atoms with van der Waals surface area (Å²) in [7, 11) is 0. The quantitative estimate of drug-likeness (QED) is 0.789. The summed E-state index contributed by atoms with van der Waals surface area (Å²) in [6.07, 6.45) is 2.66. The fourth-order valence-corrected chi connectivity index (χ4v) is 1.92. The standard InChI is InChI=1S/C15H23NO/c1-15(2,3)13-6-4-5-7-14(13)17-11-10-16-12-8-9-12/h4-7,12,16H,8-11H2,1-3H3. The molecular weight excluding hydrogens is 210 g/mol. The second kappa shape index (κ2) is 5.09. The lowest BCUT2D eigenvalue weighted by atomic mass is 9.86. The van der Waals surface area contributed by atoms with Crippen LogP contribution in [0.15, 0.2) is 24.3 Å². The van der Waals surface area contributed by atoms with Gasteiger partial charge in [-0.1, -0.05) is 39.0 Å². The molecule has 1 aliphatic rings. The van der Waals surface area contributed by atoms with Crippen LogP contribution in [0.25, 0.3) is 0 Å². The van der Waals surface area contributed by atoms with Gasteiger partial charge in [0.05, 0.1) is 0 Å². The van der Waals surface area contributed by atoms with E-state index >= 15 is 0 Å². The minimum atomic E-state index is 0.139. The Hall–Kier alpha value is -1.02. The van der Waals surface area contributed by atoms with E-state index in [0.717, 1.165) is 24.9 Å². The second-order valence-electron chi connectivity index (χ2n) is 5.82. The Morgan fingerprint density at radius 2 is 1.94 bits per heavy atom. The lowest BCUT2D eigenvalue weighted by Crippen LogP contribution is -2.23. The number of hydrogen-bond donors (Lipinski definition) is 1. The maximum atomic E-state index is 5.88. The topological polar surface area (TPSA) is 21.3 Å². The molecule has 2 nitrogen and oxygen atoms in total. The molecule has 1 aromatic rings. The largest absolute Gasteiger partial charge is 0.492 e. The fraction of sp³-hybridized carbons (Fsp3) is 0.600. The molecule has 0 atom stereocenters. The molecule has 0 radical (unpaired) electrons. The predicted octanol–water partition coefficient (Wildman–Crippen LogP) is 3.11. The van der Waals surface area contributed by atoms with Crippen LogP contribution in [0.1, 0.15) is 39.2 Å². The van der Waals surface area contributed by atoms with Crippen LogP contribution in [0, 0.1) is 0 Å². The van der Waals surface area contributed by atoms with E-state index in [1.165, 1.54) is 18.4 Å². The van der Waals surface area contributed by atoms with Gasteiger partial charge < -0.3 is 10.1 Å². The Balaban J connectivity index is 1.89. The van der Waals surface area contributed by atoms with Crippen molar-refractivity contribution in [2.75, 3.05) is 13.2 Å². The molecule has 0 bridgehead atoms. The molecule has 0 spiro atoms. The van der Waals surface area contributed by atoms with E-state index in [4.69, 9.17) is 4.74 Å². The van der Waals surface area contributed by atoms with Gasteiger partial charge in [-0.15, -0.1) is 0 Å². The van der Waals surface area contributed by atoms with Crippen molar-refractivity contribution in [1.29, 1.82) is 0 Å². The Labute approximate surface area is 104 Å². The summed E-state index contributed by atoms with van der Waals surface area (Å²) >= 11 is 0. The molecular formula is C15H23NO. The lowest BCUT2D eigenvalue weighted by molar-refractivity contribution is 0.305. The van der Waals surface area contributed by atoms with Crippen molar-refractivity contribution in [3.05, 3.63) is 29.8 Å². The summed E-state index contributed by atoms with van der Waals surface area (Å²) < 4.78 is 5.88. The monoisotopic (exact) mass is 233 g/mol. The van der Waals surface area contributed by atoms with E-state index < -0.39 is 0 Å². The minimum Gasteiger partial charge on any atom is -0.492 e. The highest BCUT2D eigenvalue weighted by Gasteiger charge is 2.20. The molecule has 0 amide bonds. The summed E-state index contributed by atoms with van der Waals surface area (Å²) in [4.78, 5) is 0. The SMILES string of the molecule is CC(C)(C)c1ccccc1OCCNC1CC1. The smallest absolute Gasteiger partial charge is 0.123 e. The van der Waals surface area contributed by atoms with Gasteiger partial charge in [0.1, 0.15) is 12.4 Å². The molecule has 0 saturated heterocycles. The van der Waals surface area contributed by atoms with Crippen LogP contribution >= 0.6 is 0 Å². The molecule has 1 aromatic carbocycles. The molecule has 94 valence electrons. The van der Waals surface area contributed by atoms with Gasteiger partial charge in [0.25, 0.3) is 0 Å². The number of hydrogen-bond acceptors (Lipinski definition) is 2. The molecule has 1 N–H and O–H groups in total. The van der Waals surface area contributed by atoms with Crippen molar-refractivity contribution in [2.24, 2.45) is 0 Å². The van der Waals surface area contributed by atoms with Crippen molar-refractivity contribution < 1.29 is 4.74 Å². The van der Waals surface area contributed by atoms with E-state index in [0.29, 0.717) is 0 Å². The first-order valence-electron chi connectivity index (χ1n) is 6.53. The third-order valence-electron chi connectivity index (χ3n) is 3.07. The molecule has 1 aliphatic carbocycles. The van der Waals surface area contributed by atoms with Crippen LogP contribution in [0.4, 0.5) is 0 Å². The van der Waals surface area contributed by atoms with Crippen LogP contribution in [0.2, 0.25) is 0 Å². The molecule has 0 aromatic heterocycles. The molecule has 0 heterocycles. The molecule has 2 heteroatoms. The lowest BCUT2D eigenvalue weighted by Gasteiger charge is -2.22. The Morgan fingerprint density at radius 3 is 2.59 bits per heavy atom. The highest BCUT2D eigenvalue weighted by molar-refractivity contribution is 5.38. The van der Waals surface area contributed by atoms with E-state index in [9.17, 15) is 0 Å². The third-order valence-corrected chi connectivity index (χ3v) is 3.07. The van der Waals surface area contributed by atoms with Gasteiger partial charge in [-0.3, -0.25) is 0 Å². The Kier molecular flexibility index (Phi) is 3.72. The third kappa shape index (κ3) is 3.74. The first-order chi connectivity index (χ1) is 8.07. The fourth-order valence-electron chi connectivity index (χ4n) is 1.92. The Morgan fingerprint density at radius 1 is 1.24 bits per heavy atom. The van der Waals surface area contributed by atoms with E-state index in [1.807, 2.05) is 6.07 Å². The second-order valence-corrected chi connectivity index (χ2v) is 5.82. The zero-order valence-electron chi connectivity index (χ0n) is 11.1. The number of rotatable bonds is 5. The maximum Gasteiger partial charge on any atom is 0.123 e. The van der Waals surface area contributed by atoms with Crippen molar-refractivity contribution in [3.63, 3.8) is 0 Å². The summed E-state index contributed by atoms with van der Waals surface area (Å²) in [5.74, 6) is 1.03. The number of nitrogens with one attached hydrogen (secondary N) is 1. The van der Waals surface area contributed by atoms with E-state index in [1.54, 1.807) is 0 Å². The average Bonchev–Trinajstić information content (AvgIpc) is 3.07. The highest BCUT2D eigenvalue weighted by Crippen LogP contribution is 2.30. The number of benzene rings is 1. The zero-order valence-corrected chi connectivity index (χ0v) is 11.1. The normalized spacial score (nSPS) is 15.9. The summed E-state index contributed by atoms with van der Waals surface area (Å²) in [5, 5.41) is 3.46. The molecule has 2 rings (SSSR count). The summed E-state index contributed by atoms with van der Waals surface area (Å²) in [6, 6.07) is 9.10. The zero-order chi connectivity index (χ0) is 12.3. The van der Waals surface area contributed by atoms with E-state index in [2.05, 4.69) is 44.3 Å². The van der Waals surface area contributed by atoms with Gasteiger partial charge >= 0.3 is 0 Å². The van der Waals surface area contributed by atoms with Crippen LogP contribution in [0.3, 0.4) is 0 Å². The predicted molar refractivity (Wildman–Crippen MR) is 71.7 cm³/mol. The van der Waals surface area contributed by atoms with Gasteiger partial charge in [-0.25, -0.2) is 0 Å². The van der Waals surface area contributed by atoms with E-state index in [-0.39, 0.29) is 5.41 Å². The van der Waals surface area contributed by atoms with Crippen LogP contribution in [0.5, 0.6) is 5.75 Å². The summed E-state index contributed by atoms with van der Waals surface area (Å²) in [6.45, 7) is 8.36. The van der Waals surface area contributed by atoms with Gasteiger partial charge in [-0.05, 0) is 29.9 Å². The van der Waals surface area contributed by atoms with Crippen molar-refractivity contribution in [3.8, 4) is 5.75 Å². The molecule has 17 heavy (non-hydrogen) atoms. The first kappa shape index (κ1) is 12.4. The number of ether oxygens (including phenoxy) is 1. The molecule has 1 fully saturated rings. The van der Waals surface area contributed by atoms with Gasteiger partial charge in [0.15, 0.2) is 0 Å². The minimum absolute atomic E-state index is 0.139. The van der Waals surface area contributed by atoms with Crippen LogP contribution in [-0.2, 0) is 5.41 Å². The van der Waals surface area contributed by atoms with Crippen LogP contribution < -0.4 is 10.1 Å². The van der Waals surface area contributed by atoms with Gasteiger partial charge in [0, 0.05) is 12.6 Å². The van der Waals surface area contributed by atoms with Crippen LogP contribution in [-0.4, -0.2) is 19.2 Å².